The van der Waals surface area contributed by atoms with Crippen molar-refractivity contribution >= 4 is 17.5 Å². The van der Waals surface area contributed by atoms with Crippen LogP contribution in [0.4, 0.5) is 0 Å². The van der Waals surface area contributed by atoms with Gasteiger partial charge in [-0.05, 0) is 42.7 Å². The Morgan fingerprint density at radius 2 is 2.04 bits per heavy atom. The van der Waals surface area contributed by atoms with E-state index in [-0.39, 0.29) is 11.9 Å². The molecule has 1 amide bonds. The van der Waals surface area contributed by atoms with Crippen molar-refractivity contribution in [2.45, 2.75) is 38.8 Å². The molecule has 1 aliphatic heterocycles. The van der Waals surface area contributed by atoms with Crippen LogP contribution in [0, 0.1) is 6.92 Å². The maximum atomic E-state index is 12.5. The summed E-state index contributed by atoms with van der Waals surface area (Å²) in [6, 6.07) is 13.7. The Morgan fingerprint density at radius 1 is 1.30 bits per heavy atom. The average Bonchev–Trinajstić information content (AvgIpc) is 2.96. The van der Waals surface area contributed by atoms with Gasteiger partial charge in [0.1, 0.15) is 5.75 Å². The molecule has 1 heterocycles. The average molecular weight is 330 g/mol. The van der Waals surface area contributed by atoms with Crippen LogP contribution in [0.25, 0.3) is 0 Å². The Hall–Kier alpha value is -2.00. The first kappa shape index (κ1) is 15.9. The van der Waals surface area contributed by atoms with E-state index in [1.165, 1.54) is 5.56 Å². The SMILES string of the molecule is CC[C@@H](NC(=O)[C@H]1Cc2cc(Cl)ccc2O1)c1ccc(C)cc1. The lowest BCUT2D eigenvalue weighted by Gasteiger charge is -2.20. The van der Waals surface area contributed by atoms with Crippen molar-refractivity contribution in [3.63, 3.8) is 0 Å². The molecule has 1 aliphatic rings. The number of halogens is 1. The first-order valence-electron chi connectivity index (χ1n) is 7.89. The molecular weight excluding hydrogens is 310 g/mol. The monoisotopic (exact) mass is 329 g/mol. The summed E-state index contributed by atoms with van der Waals surface area (Å²) in [5.74, 6) is 0.669. The molecule has 0 saturated carbocycles. The van der Waals surface area contributed by atoms with Gasteiger partial charge < -0.3 is 10.1 Å². The van der Waals surface area contributed by atoms with Crippen molar-refractivity contribution in [2.24, 2.45) is 0 Å². The summed E-state index contributed by atoms with van der Waals surface area (Å²) in [5, 5.41) is 3.76. The molecular formula is C19H20ClNO2. The Balaban J connectivity index is 1.68. The lowest BCUT2D eigenvalue weighted by atomic mass is 10.0. The molecule has 0 aliphatic carbocycles. The minimum atomic E-state index is -0.483. The quantitative estimate of drug-likeness (QED) is 0.912. The van der Waals surface area contributed by atoms with Crippen LogP contribution in [-0.4, -0.2) is 12.0 Å². The molecule has 0 aromatic heterocycles. The number of hydrogen-bond acceptors (Lipinski definition) is 2. The highest BCUT2D eigenvalue weighted by Gasteiger charge is 2.30. The van der Waals surface area contributed by atoms with Crippen molar-refractivity contribution in [2.75, 3.05) is 0 Å². The van der Waals surface area contributed by atoms with Crippen LogP contribution in [0.15, 0.2) is 42.5 Å². The van der Waals surface area contributed by atoms with Gasteiger partial charge >= 0.3 is 0 Å². The van der Waals surface area contributed by atoms with Crippen molar-refractivity contribution in [1.82, 2.24) is 5.32 Å². The second-order valence-corrected chi connectivity index (χ2v) is 6.38. The van der Waals surface area contributed by atoms with Gasteiger partial charge in [0, 0.05) is 11.4 Å². The summed E-state index contributed by atoms with van der Waals surface area (Å²) >= 11 is 5.99. The Bertz CT molecular complexity index is 712. The summed E-state index contributed by atoms with van der Waals surface area (Å²) in [6.45, 7) is 4.12. The maximum Gasteiger partial charge on any atom is 0.261 e. The van der Waals surface area contributed by atoms with Gasteiger partial charge in [-0.3, -0.25) is 4.79 Å². The van der Waals surface area contributed by atoms with Crippen molar-refractivity contribution in [3.05, 3.63) is 64.2 Å². The molecule has 0 saturated heterocycles. The standard InChI is InChI=1S/C19H20ClNO2/c1-3-16(13-6-4-12(2)5-7-13)21-19(22)18-11-14-10-15(20)8-9-17(14)23-18/h4-10,16,18H,3,11H2,1-2H3,(H,21,22)/t16-,18-/m1/s1. The minimum absolute atomic E-state index is 0.000926. The third kappa shape index (κ3) is 3.50. The number of amides is 1. The van der Waals surface area contributed by atoms with Gasteiger partial charge in [-0.25, -0.2) is 0 Å². The topological polar surface area (TPSA) is 38.3 Å². The molecule has 2 atom stereocenters. The number of benzene rings is 2. The molecule has 2 aromatic carbocycles. The summed E-state index contributed by atoms with van der Waals surface area (Å²) in [6.07, 6.45) is 0.912. The molecule has 2 aromatic rings. The molecule has 0 radical (unpaired) electrons. The van der Waals surface area contributed by atoms with Gasteiger partial charge in [0.2, 0.25) is 0 Å². The second-order valence-electron chi connectivity index (χ2n) is 5.94. The van der Waals surface area contributed by atoms with Crippen LogP contribution < -0.4 is 10.1 Å². The molecule has 3 rings (SSSR count). The summed E-state index contributed by atoms with van der Waals surface area (Å²) in [5.41, 5.74) is 3.31. The van der Waals surface area contributed by atoms with Gasteiger partial charge in [0.15, 0.2) is 6.10 Å². The Labute approximate surface area is 141 Å². The predicted octanol–water partition coefficient (Wildman–Crippen LogP) is 4.22. The van der Waals surface area contributed by atoms with E-state index >= 15 is 0 Å². The number of hydrogen-bond donors (Lipinski definition) is 1. The minimum Gasteiger partial charge on any atom is -0.480 e. The fourth-order valence-corrected chi connectivity index (χ4v) is 3.04. The van der Waals surface area contributed by atoms with E-state index in [1.54, 1.807) is 6.07 Å². The van der Waals surface area contributed by atoms with Gasteiger partial charge in [-0.15, -0.1) is 0 Å². The molecule has 120 valence electrons. The Kier molecular flexibility index (Phi) is 4.58. The van der Waals surface area contributed by atoms with Crippen LogP contribution in [0.5, 0.6) is 5.75 Å². The smallest absolute Gasteiger partial charge is 0.261 e. The molecule has 3 nitrogen and oxygen atoms in total. The van der Waals surface area contributed by atoms with Crippen LogP contribution in [0.1, 0.15) is 36.1 Å². The zero-order valence-electron chi connectivity index (χ0n) is 13.3. The largest absolute Gasteiger partial charge is 0.480 e. The van der Waals surface area contributed by atoms with Crippen LogP contribution in [0.3, 0.4) is 0 Å². The highest BCUT2D eigenvalue weighted by Crippen LogP contribution is 2.31. The number of fused-ring (bicyclic) bond motifs is 1. The summed E-state index contributed by atoms with van der Waals surface area (Å²) in [4.78, 5) is 12.5. The zero-order valence-corrected chi connectivity index (χ0v) is 14.1. The fraction of sp³-hybridized carbons (Fsp3) is 0.316. The predicted molar refractivity (Wildman–Crippen MR) is 91.9 cm³/mol. The van der Waals surface area contributed by atoms with Crippen LogP contribution in [0.2, 0.25) is 5.02 Å². The first-order chi connectivity index (χ1) is 11.1. The summed E-state index contributed by atoms with van der Waals surface area (Å²) in [7, 11) is 0. The van der Waals surface area contributed by atoms with Gasteiger partial charge in [0.25, 0.3) is 5.91 Å². The van der Waals surface area contributed by atoms with Crippen LogP contribution >= 0.6 is 11.6 Å². The number of ether oxygens (including phenoxy) is 1. The van der Waals surface area contributed by atoms with E-state index in [4.69, 9.17) is 16.3 Å². The molecule has 0 unspecified atom stereocenters. The lowest BCUT2D eigenvalue weighted by molar-refractivity contribution is -0.128. The second kappa shape index (κ2) is 6.63. The Morgan fingerprint density at radius 3 is 2.74 bits per heavy atom. The third-order valence-corrected chi connectivity index (χ3v) is 4.43. The lowest BCUT2D eigenvalue weighted by Crippen LogP contribution is -2.39. The molecule has 23 heavy (non-hydrogen) atoms. The molecule has 0 fully saturated rings. The van der Waals surface area contributed by atoms with Crippen LogP contribution in [-0.2, 0) is 11.2 Å². The van der Waals surface area contributed by atoms with E-state index < -0.39 is 6.10 Å². The maximum absolute atomic E-state index is 12.5. The number of carbonyl (C=O) groups excluding carboxylic acids is 1. The number of rotatable bonds is 4. The van der Waals surface area contributed by atoms with Gasteiger partial charge in [0.05, 0.1) is 6.04 Å². The van der Waals surface area contributed by atoms with Crippen molar-refractivity contribution in [3.8, 4) is 5.75 Å². The third-order valence-electron chi connectivity index (χ3n) is 4.19. The number of carbonyl (C=O) groups is 1. The first-order valence-corrected chi connectivity index (χ1v) is 8.26. The van der Waals surface area contributed by atoms with Gasteiger partial charge in [-0.2, -0.15) is 0 Å². The fourth-order valence-electron chi connectivity index (χ4n) is 2.85. The normalized spacial score (nSPS) is 17.3. The number of aryl methyl sites for hydroxylation is 1. The van der Waals surface area contributed by atoms with Crippen molar-refractivity contribution < 1.29 is 9.53 Å². The summed E-state index contributed by atoms with van der Waals surface area (Å²) < 4.78 is 5.75. The van der Waals surface area contributed by atoms with Crippen molar-refractivity contribution in [1.29, 1.82) is 0 Å². The van der Waals surface area contributed by atoms with E-state index in [0.717, 1.165) is 23.3 Å². The number of nitrogens with one attached hydrogen (secondary N) is 1. The van der Waals surface area contributed by atoms with E-state index in [9.17, 15) is 4.79 Å². The highest BCUT2D eigenvalue weighted by molar-refractivity contribution is 6.30. The van der Waals surface area contributed by atoms with E-state index in [1.807, 2.05) is 12.1 Å². The van der Waals surface area contributed by atoms with Gasteiger partial charge in [-0.1, -0.05) is 48.4 Å². The zero-order chi connectivity index (χ0) is 16.4. The molecule has 0 spiro atoms. The molecule has 4 heteroatoms. The van der Waals surface area contributed by atoms with E-state index in [0.29, 0.717) is 11.4 Å². The van der Waals surface area contributed by atoms with E-state index in [2.05, 4.69) is 43.4 Å². The highest BCUT2D eigenvalue weighted by atomic mass is 35.5. The molecule has 1 N–H and O–H groups in total. The molecule has 0 bridgehead atoms.